The van der Waals surface area contributed by atoms with E-state index in [1.165, 1.54) is 6.92 Å². The zero-order valence-corrected chi connectivity index (χ0v) is 6.39. The summed E-state index contributed by atoms with van der Waals surface area (Å²) in [5, 5.41) is -0.442. The van der Waals surface area contributed by atoms with E-state index in [2.05, 4.69) is 12.6 Å². The fraction of sp³-hybridized carbons (Fsp3) is 0.667. The third kappa shape index (κ3) is 2.65. The Morgan fingerprint density at radius 3 is 2.22 bits per heavy atom. The maximum atomic E-state index is 10.5. The summed E-state index contributed by atoms with van der Waals surface area (Å²) in [6, 6.07) is 0. The maximum Gasteiger partial charge on any atom is 0.134 e. The van der Waals surface area contributed by atoms with Crippen LogP contribution < -0.4 is 0 Å². The van der Waals surface area contributed by atoms with Gasteiger partial charge in [0.2, 0.25) is 0 Å². The highest BCUT2D eigenvalue weighted by Gasteiger charge is 2.15. The van der Waals surface area contributed by atoms with Gasteiger partial charge in [-0.05, 0) is 6.92 Å². The van der Waals surface area contributed by atoms with Gasteiger partial charge in [0.05, 0.1) is 5.25 Å². The van der Waals surface area contributed by atoms with Crippen molar-refractivity contribution < 1.29 is 9.59 Å². The Kier molecular flexibility index (Phi) is 3.54. The zero-order chi connectivity index (χ0) is 7.44. The Morgan fingerprint density at radius 2 is 2.11 bits per heavy atom. The third-order valence-electron chi connectivity index (χ3n) is 1.29. The topological polar surface area (TPSA) is 34.1 Å². The van der Waals surface area contributed by atoms with Crippen LogP contribution >= 0.6 is 12.6 Å². The average molecular weight is 146 g/mol. The molecular formula is C6H10O2S. The molecule has 0 aromatic heterocycles. The number of hydrogen-bond donors (Lipinski definition) is 1. The second-order valence-electron chi connectivity index (χ2n) is 2.03. The van der Waals surface area contributed by atoms with Crippen molar-refractivity contribution in [2.75, 3.05) is 0 Å². The largest absolute Gasteiger partial charge is 0.302 e. The van der Waals surface area contributed by atoms with Gasteiger partial charge < -0.3 is 4.79 Å². The number of hydrogen-bond acceptors (Lipinski definition) is 3. The van der Waals surface area contributed by atoms with Gasteiger partial charge in [-0.15, -0.1) is 0 Å². The molecule has 2 nitrogen and oxygen atoms in total. The first-order chi connectivity index (χ1) is 4.09. The van der Waals surface area contributed by atoms with Crippen molar-refractivity contribution in [3.63, 3.8) is 0 Å². The molecule has 3 heteroatoms. The van der Waals surface area contributed by atoms with Gasteiger partial charge in [-0.25, -0.2) is 0 Å². The molecule has 0 radical (unpaired) electrons. The number of thiol groups is 1. The lowest BCUT2D eigenvalue weighted by Gasteiger charge is -2.07. The molecule has 2 unspecified atom stereocenters. The molecule has 0 heterocycles. The van der Waals surface area contributed by atoms with E-state index >= 15 is 0 Å². The van der Waals surface area contributed by atoms with Crippen LogP contribution in [0.25, 0.3) is 0 Å². The van der Waals surface area contributed by atoms with Gasteiger partial charge in [-0.3, -0.25) is 4.79 Å². The van der Waals surface area contributed by atoms with E-state index in [1.54, 1.807) is 6.92 Å². The molecule has 0 amide bonds. The Morgan fingerprint density at radius 1 is 1.67 bits per heavy atom. The normalized spacial score (nSPS) is 16.3. The van der Waals surface area contributed by atoms with Crippen LogP contribution in [0, 0.1) is 5.92 Å². The molecule has 0 saturated carbocycles. The number of Topliss-reactive ketones (excluding diaryl/α,β-unsaturated/α-hetero) is 1. The summed E-state index contributed by atoms with van der Waals surface area (Å²) in [6.45, 7) is 3.14. The van der Waals surface area contributed by atoms with E-state index in [0.29, 0.717) is 6.29 Å². The Bertz CT molecular complexity index is 122. The molecule has 0 saturated heterocycles. The van der Waals surface area contributed by atoms with Gasteiger partial charge in [0.25, 0.3) is 0 Å². The summed E-state index contributed by atoms with van der Waals surface area (Å²) in [5.41, 5.74) is 0. The number of ketones is 1. The zero-order valence-electron chi connectivity index (χ0n) is 5.50. The highest BCUT2D eigenvalue weighted by atomic mass is 32.1. The van der Waals surface area contributed by atoms with Crippen molar-refractivity contribution in [1.82, 2.24) is 0 Å². The molecule has 9 heavy (non-hydrogen) atoms. The van der Waals surface area contributed by atoms with Crippen molar-refractivity contribution in [2.45, 2.75) is 19.1 Å². The average Bonchev–Trinajstić information content (AvgIpc) is 1.84. The molecule has 0 aromatic rings. The van der Waals surface area contributed by atoms with Gasteiger partial charge in [0.15, 0.2) is 0 Å². The molecule has 0 aliphatic heterocycles. The smallest absolute Gasteiger partial charge is 0.134 e. The fourth-order valence-electron chi connectivity index (χ4n) is 0.358. The first kappa shape index (κ1) is 8.69. The van der Waals surface area contributed by atoms with Crippen LogP contribution in [0.1, 0.15) is 13.8 Å². The van der Waals surface area contributed by atoms with E-state index in [0.717, 1.165) is 0 Å². The summed E-state index contributed by atoms with van der Waals surface area (Å²) in [6.07, 6.45) is 0.676. The lowest BCUT2D eigenvalue weighted by molar-refractivity contribution is -0.122. The molecule has 0 rings (SSSR count). The number of rotatable bonds is 3. The highest BCUT2D eigenvalue weighted by molar-refractivity contribution is 7.81. The van der Waals surface area contributed by atoms with Gasteiger partial charge in [-0.1, -0.05) is 6.92 Å². The monoisotopic (exact) mass is 146 g/mol. The SMILES string of the molecule is CC(=O)C(C)C(S)C=O. The standard InChI is InChI=1S/C6H10O2S/c1-4(5(2)8)6(9)3-7/h3-4,6,9H,1-2H3. The van der Waals surface area contributed by atoms with E-state index in [1.807, 2.05) is 0 Å². The molecule has 0 bridgehead atoms. The van der Waals surface area contributed by atoms with Crippen molar-refractivity contribution >= 4 is 24.7 Å². The summed E-state index contributed by atoms with van der Waals surface area (Å²) < 4.78 is 0. The highest BCUT2D eigenvalue weighted by Crippen LogP contribution is 2.07. The van der Waals surface area contributed by atoms with Crippen molar-refractivity contribution in [1.29, 1.82) is 0 Å². The first-order valence-corrected chi connectivity index (χ1v) is 3.25. The minimum atomic E-state index is -0.442. The summed E-state index contributed by atoms with van der Waals surface area (Å²) >= 11 is 3.88. The van der Waals surface area contributed by atoms with Gasteiger partial charge in [0.1, 0.15) is 12.1 Å². The summed E-state index contributed by atoms with van der Waals surface area (Å²) in [4.78, 5) is 20.6. The molecule has 0 spiro atoms. The second-order valence-corrected chi connectivity index (χ2v) is 2.62. The van der Waals surface area contributed by atoms with Crippen LogP contribution in [0.4, 0.5) is 0 Å². The number of aldehydes is 1. The Labute approximate surface area is 60.0 Å². The number of carbonyl (C=O) groups excluding carboxylic acids is 2. The lowest BCUT2D eigenvalue weighted by Crippen LogP contribution is -2.19. The predicted molar refractivity (Wildman–Crippen MR) is 38.7 cm³/mol. The maximum absolute atomic E-state index is 10.5. The number of carbonyl (C=O) groups is 2. The van der Waals surface area contributed by atoms with Crippen LogP contribution in [-0.4, -0.2) is 17.3 Å². The summed E-state index contributed by atoms with van der Waals surface area (Å²) in [7, 11) is 0. The Hall–Kier alpha value is -0.310. The van der Waals surface area contributed by atoms with Gasteiger partial charge >= 0.3 is 0 Å². The van der Waals surface area contributed by atoms with Crippen molar-refractivity contribution in [3.8, 4) is 0 Å². The fourth-order valence-corrected chi connectivity index (χ4v) is 0.568. The molecule has 52 valence electrons. The molecule has 2 atom stereocenters. The van der Waals surface area contributed by atoms with E-state index in [-0.39, 0.29) is 11.7 Å². The van der Waals surface area contributed by atoms with E-state index in [4.69, 9.17) is 0 Å². The van der Waals surface area contributed by atoms with Crippen LogP contribution in [0.5, 0.6) is 0 Å². The second kappa shape index (κ2) is 3.67. The first-order valence-electron chi connectivity index (χ1n) is 2.73. The molecule has 0 aromatic carbocycles. The Balaban J connectivity index is 3.86. The third-order valence-corrected chi connectivity index (χ3v) is 1.86. The van der Waals surface area contributed by atoms with Crippen molar-refractivity contribution in [2.24, 2.45) is 5.92 Å². The summed E-state index contributed by atoms with van der Waals surface area (Å²) in [5.74, 6) is -0.257. The van der Waals surface area contributed by atoms with Gasteiger partial charge in [0, 0.05) is 5.92 Å². The predicted octanol–water partition coefficient (Wildman–Crippen LogP) is 0.709. The molecule has 0 aliphatic rings. The quantitative estimate of drug-likeness (QED) is 0.470. The van der Waals surface area contributed by atoms with Crippen molar-refractivity contribution in [3.05, 3.63) is 0 Å². The minimum Gasteiger partial charge on any atom is -0.302 e. The molecule has 0 fully saturated rings. The van der Waals surface area contributed by atoms with Crippen LogP contribution in [0.15, 0.2) is 0 Å². The lowest BCUT2D eigenvalue weighted by atomic mass is 10.0. The van der Waals surface area contributed by atoms with Crippen LogP contribution in [0.3, 0.4) is 0 Å². The molecular weight excluding hydrogens is 136 g/mol. The molecule has 0 aliphatic carbocycles. The van der Waals surface area contributed by atoms with E-state index < -0.39 is 5.25 Å². The van der Waals surface area contributed by atoms with Crippen LogP contribution in [0.2, 0.25) is 0 Å². The van der Waals surface area contributed by atoms with E-state index in [9.17, 15) is 9.59 Å². The molecule has 0 N–H and O–H groups in total. The minimum absolute atomic E-state index is 0.00194. The van der Waals surface area contributed by atoms with Gasteiger partial charge in [-0.2, -0.15) is 12.6 Å². The van der Waals surface area contributed by atoms with Crippen LogP contribution in [-0.2, 0) is 9.59 Å².